The summed E-state index contributed by atoms with van der Waals surface area (Å²) in [6.07, 6.45) is 10.1. The third-order valence-electron chi connectivity index (χ3n) is 5.87. The molecule has 1 saturated carbocycles. The summed E-state index contributed by atoms with van der Waals surface area (Å²) >= 11 is 0. The van der Waals surface area contributed by atoms with E-state index in [0.29, 0.717) is 6.10 Å². The maximum Gasteiger partial charge on any atom is 0.191 e. The first-order valence-corrected chi connectivity index (χ1v) is 11.2. The minimum atomic E-state index is 0. The Morgan fingerprint density at radius 3 is 2.57 bits per heavy atom. The maximum absolute atomic E-state index is 6.05. The standard InChI is InChI=1S/C22H38N6O.HI/c1-23-22(25-11-16-29-20-7-5-3-4-6-8-20)26-18-19-9-10-24-21(17-19)28-14-12-27(2)13-15-28;/h9-10,17,20H,3-8,11-16,18H2,1-2H3,(H2,23,25,26);1H. The van der Waals surface area contributed by atoms with E-state index in [4.69, 9.17) is 4.74 Å². The average Bonchev–Trinajstić information content (AvgIpc) is 3.03. The Morgan fingerprint density at radius 2 is 1.87 bits per heavy atom. The van der Waals surface area contributed by atoms with Crippen molar-refractivity contribution in [1.82, 2.24) is 20.5 Å². The van der Waals surface area contributed by atoms with E-state index in [1.54, 1.807) is 0 Å². The number of pyridine rings is 1. The molecule has 30 heavy (non-hydrogen) atoms. The van der Waals surface area contributed by atoms with Crippen LogP contribution < -0.4 is 15.5 Å². The molecule has 1 saturated heterocycles. The molecule has 1 aromatic rings. The van der Waals surface area contributed by atoms with Gasteiger partial charge < -0.3 is 25.2 Å². The molecule has 0 bridgehead atoms. The van der Waals surface area contributed by atoms with Crippen LogP contribution in [-0.2, 0) is 11.3 Å². The fraction of sp³-hybridized carbons (Fsp3) is 0.727. The topological polar surface area (TPSA) is 65.0 Å². The molecule has 0 atom stereocenters. The van der Waals surface area contributed by atoms with Crippen LogP contribution in [0.25, 0.3) is 0 Å². The van der Waals surface area contributed by atoms with Crippen LogP contribution in [0.3, 0.4) is 0 Å². The number of likely N-dealkylation sites (N-methyl/N-ethyl adjacent to an activating group) is 1. The monoisotopic (exact) mass is 530 g/mol. The molecule has 0 aromatic carbocycles. The Bertz CT molecular complexity index is 628. The van der Waals surface area contributed by atoms with Gasteiger partial charge >= 0.3 is 0 Å². The largest absolute Gasteiger partial charge is 0.376 e. The number of nitrogens with zero attached hydrogens (tertiary/aromatic N) is 4. The number of ether oxygens (including phenoxy) is 1. The highest BCUT2D eigenvalue weighted by atomic mass is 127. The van der Waals surface area contributed by atoms with Crippen molar-refractivity contribution < 1.29 is 4.74 Å². The van der Waals surface area contributed by atoms with Gasteiger partial charge in [-0.3, -0.25) is 4.99 Å². The van der Waals surface area contributed by atoms with E-state index in [0.717, 1.165) is 57.7 Å². The number of guanidine groups is 1. The molecule has 0 radical (unpaired) electrons. The number of aliphatic imine (C=N–C) groups is 1. The van der Waals surface area contributed by atoms with Crippen LogP contribution in [0.4, 0.5) is 5.82 Å². The maximum atomic E-state index is 6.05. The number of rotatable bonds is 7. The lowest BCUT2D eigenvalue weighted by molar-refractivity contribution is 0.0468. The number of halogens is 1. The van der Waals surface area contributed by atoms with Crippen molar-refractivity contribution in [2.75, 3.05) is 58.3 Å². The summed E-state index contributed by atoms with van der Waals surface area (Å²) in [5, 5.41) is 6.76. The molecule has 2 N–H and O–H groups in total. The van der Waals surface area contributed by atoms with Crippen LogP contribution in [-0.4, -0.2) is 75.4 Å². The predicted molar refractivity (Wildman–Crippen MR) is 135 cm³/mol. The Balaban J connectivity index is 0.00000320. The van der Waals surface area contributed by atoms with Gasteiger partial charge in [0, 0.05) is 52.5 Å². The zero-order valence-corrected chi connectivity index (χ0v) is 20.9. The van der Waals surface area contributed by atoms with Gasteiger partial charge in [0.05, 0.1) is 12.7 Å². The van der Waals surface area contributed by atoms with E-state index in [1.807, 2.05) is 13.2 Å². The molecule has 2 fully saturated rings. The van der Waals surface area contributed by atoms with Crippen molar-refractivity contribution in [1.29, 1.82) is 0 Å². The number of anilines is 1. The van der Waals surface area contributed by atoms with Gasteiger partial charge in [0.1, 0.15) is 5.82 Å². The summed E-state index contributed by atoms with van der Waals surface area (Å²) in [5.74, 6) is 1.88. The van der Waals surface area contributed by atoms with E-state index >= 15 is 0 Å². The quantitative estimate of drug-likeness (QED) is 0.186. The van der Waals surface area contributed by atoms with E-state index in [-0.39, 0.29) is 24.0 Å². The molecule has 2 heterocycles. The highest BCUT2D eigenvalue weighted by molar-refractivity contribution is 14.0. The summed E-state index contributed by atoms with van der Waals surface area (Å²) in [6, 6.07) is 4.25. The Labute approximate surface area is 199 Å². The normalized spacial score (nSPS) is 19.1. The molecule has 1 aromatic heterocycles. The van der Waals surface area contributed by atoms with Crippen LogP contribution in [0.15, 0.2) is 23.3 Å². The van der Waals surface area contributed by atoms with Crippen molar-refractivity contribution in [3.05, 3.63) is 23.9 Å². The van der Waals surface area contributed by atoms with Crippen molar-refractivity contribution in [2.24, 2.45) is 4.99 Å². The van der Waals surface area contributed by atoms with Gasteiger partial charge in [-0.25, -0.2) is 4.98 Å². The number of aromatic nitrogens is 1. The van der Waals surface area contributed by atoms with Gasteiger partial charge in [-0.15, -0.1) is 24.0 Å². The smallest absolute Gasteiger partial charge is 0.191 e. The fourth-order valence-corrected chi connectivity index (χ4v) is 3.99. The van der Waals surface area contributed by atoms with Gasteiger partial charge in [-0.05, 0) is 37.6 Å². The molecule has 3 rings (SSSR count). The summed E-state index contributed by atoms with van der Waals surface area (Å²) < 4.78 is 6.05. The zero-order valence-electron chi connectivity index (χ0n) is 18.6. The first kappa shape index (κ1) is 25.1. The molecular weight excluding hydrogens is 491 g/mol. The van der Waals surface area contributed by atoms with Gasteiger partial charge in [0.25, 0.3) is 0 Å². The molecule has 7 nitrogen and oxygen atoms in total. The zero-order chi connectivity index (χ0) is 20.3. The van der Waals surface area contributed by atoms with E-state index in [2.05, 4.69) is 49.6 Å². The van der Waals surface area contributed by atoms with Crippen LogP contribution in [0.2, 0.25) is 0 Å². The summed E-state index contributed by atoms with van der Waals surface area (Å²) in [4.78, 5) is 13.6. The minimum absolute atomic E-state index is 0. The predicted octanol–water partition coefficient (Wildman–Crippen LogP) is 2.86. The van der Waals surface area contributed by atoms with Crippen molar-refractivity contribution in [2.45, 2.75) is 51.2 Å². The second-order valence-electron chi connectivity index (χ2n) is 8.15. The molecule has 0 amide bonds. The molecule has 0 spiro atoms. The molecule has 1 aliphatic heterocycles. The summed E-state index contributed by atoms with van der Waals surface area (Å²) in [5.41, 5.74) is 1.21. The molecule has 0 unspecified atom stereocenters. The van der Waals surface area contributed by atoms with Gasteiger partial charge in [0.2, 0.25) is 0 Å². The molecule has 8 heteroatoms. The third kappa shape index (κ3) is 8.55. The number of piperazine rings is 1. The van der Waals surface area contributed by atoms with Crippen molar-refractivity contribution >= 4 is 35.8 Å². The summed E-state index contributed by atoms with van der Waals surface area (Å²) in [7, 11) is 3.98. The molecule has 1 aliphatic carbocycles. The van der Waals surface area contributed by atoms with Crippen molar-refractivity contribution in [3.63, 3.8) is 0 Å². The minimum Gasteiger partial charge on any atom is -0.376 e. The molecule has 2 aliphatic rings. The van der Waals surface area contributed by atoms with Crippen molar-refractivity contribution in [3.8, 4) is 0 Å². The van der Waals surface area contributed by atoms with Crippen LogP contribution in [0.5, 0.6) is 0 Å². The SMILES string of the molecule is CN=C(NCCOC1CCCCCC1)NCc1ccnc(N2CCN(C)CC2)c1.I. The lowest BCUT2D eigenvalue weighted by Gasteiger charge is -2.33. The first-order chi connectivity index (χ1) is 14.2. The highest BCUT2D eigenvalue weighted by Gasteiger charge is 2.15. The highest BCUT2D eigenvalue weighted by Crippen LogP contribution is 2.19. The van der Waals surface area contributed by atoms with Crippen LogP contribution in [0.1, 0.15) is 44.1 Å². The van der Waals surface area contributed by atoms with Gasteiger partial charge in [0.15, 0.2) is 5.96 Å². The Hall–Kier alpha value is -1.13. The lowest BCUT2D eigenvalue weighted by Crippen LogP contribution is -2.44. The third-order valence-corrected chi connectivity index (χ3v) is 5.87. The van der Waals surface area contributed by atoms with Crippen LogP contribution >= 0.6 is 24.0 Å². The van der Waals surface area contributed by atoms with E-state index in [1.165, 1.54) is 44.1 Å². The fourth-order valence-electron chi connectivity index (χ4n) is 3.99. The first-order valence-electron chi connectivity index (χ1n) is 11.2. The molecule has 170 valence electrons. The second kappa shape index (κ2) is 14.0. The summed E-state index contributed by atoms with van der Waals surface area (Å²) in [6.45, 7) is 6.47. The Kier molecular flexibility index (Phi) is 11.8. The van der Waals surface area contributed by atoms with E-state index < -0.39 is 0 Å². The van der Waals surface area contributed by atoms with Crippen LogP contribution in [0, 0.1) is 0 Å². The lowest BCUT2D eigenvalue weighted by atomic mass is 10.1. The number of nitrogens with one attached hydrogen (secondary N) is 2. The Morgan fingerprint density at radius 1 is 1.13 bits per heavy atom. The van der Waals surface area contributed by atoms with E-state index in [9.17, 15) is 0 Å². The number of hydrogen-bond donors (Lipinski definition) is 2. The second-order valence-corrected chi connectivity index (χ2v) is 8.15. The number of hydrogen-bond acceptors (Lipinski definition) is 5. The average molecular weight is 530 g/mol. The molecular formula is C22H39IN6O. The van der Waals surface area contributed by atoms with Gasteiger partial charge in [-0.2, -0.15) is 0 Å². The van der Waals surface area contributed by atoms with Gasteiger partial charge in [-0.1, -0.05) is 25.7 Å².